The molecule has 2 fully saturated rings. The summed E-state index contributed by atoms with van der Waals surface area (Å²) < 4.78 is 5.89. The van der Waals surface area contributed by atoms with E-state index in [1.807, 2.05) is 58.3 Å². The quantitative estimate of drug-likeness (QED) is 0.756. The molecule has 0 aromatic heterocycles. The molecule has 2 aliphatic rings. The van der Waals surface area contributed by atoms with Crippen molar-refractivity contribution in [2.75, 3.05) is 26.2 Å². The summed E-state index contributed by atoms with van der Waals surface area (Å²) in [5.41, 5.74) is 1.39. The molecular formula is C24H28N2O3. The normalized spacial score (nSPS) is 17.1. The Labute approximate surface area is 172 Å². The fraction of sp³-hybridized carbons (Fsp3) is 0.417. The minimum Gasteiger partial charge on any atom is -0.457 e. The molecule has 152 valence electrons. The second kappa shape index (κ2) is 9.12. The zero-order chi connectivity index (χ0) is 20.1. The zero-order valence-electron chi connectivity index (χ0n) is 16.8. The van der Waals surface area contributed by atoms with E-state index in [-0.39, 0.29) is 11.8 Å². The number of amides is 2. The van der Waals surface area contributed by atoms with Crippen LogP contribution in [0, 0.1) is 0 Å². The maximum atomic E-state index is 12.6. The number of carbonyl (C=O) groups is 2. The molecule has 0 bridgehead atoms. The molecule has 0 radical (unpaired) electrons. The highest BCUT2D eigenvalue weighted by Gasteiger charge is 2.19. The first-order chi connectivity index (χ1) is 14.2. The van der Waals surface area contributed by atoms with Crippen LogP contribution >= 0.6 is 0 Å². The minimum absolute atomic E-state index is 0.0943. The van der Waals surface area contributed by atoms with Crippen molar-refractivity contribution in [3.8, 4) is 11.5 Å². The summed E-state index contributed by atoms with van der Waals surface area (Å²) in [6.45, 7) is 3.39. The maximum Gasteiger partial charge on any atom is 0.253 e. The highest BCUT2D eigenvalue weighted by atomic mass is 16.5. The molecule has 0 saturated carbocycles. The summed E-state index contributed by atoms with van der Waals surface area (Å²) in [4.78, 5) is 29.0. The van der Waals surface area contributed by atoms with Gasteiger partial charge in [0.1, 0.15) is 11.5 Å². The van der Waals surface area contributed by atoms with E-state index in [2.05, 4.69) is 0 Å². The zero-order valence-corrected chi connectivity index (χ0v) is 16.8. The molecule has 2 heterocycles. The van der Waals surface area contributed by atoms with Crippen LogP contribution in [0.5, 0.6) is 11.5 Å². The molecule has 2 amide bonds. The van der Waals surface area contributed by atoms with Crippen molar-refractivity contribution in [2.45, 2.75) is 38.5 Å². The van der Waals surface area contributed by atoms with E-state index in [0.717, 1.165) is 51.9 Å². The summed E-state index contributed by atoms with van der Waals surface area (Å²) in [6, 6.07) is 14.6. The Kier molecular flexibility index (Phi) is 6.13. The van der Waals surface area contributed by atoms with Gasteiger partial charge in [0.2, 0.25) is 0 Å². The Balaban J connectivity index is 1.36. The van der Waals surface area contributed by atoms with Crippen molar-refractivity contribution < 1.29 is 14.3 Å². The summed E-state index contributed by atoms with van der Waals surface area (Å²) in [6.07, 6.45) is 6.76. The van der Waals surface area contributed by atoms with E-state index in [4.69, 9.17) is 4.74 Å². The second-order valence-electron chi connectivity index (χ2n) is 7.86. The highest BCUT2D eigenvalue weighted by molar-refractivity contribution is 5.95. The van der Waals surface area contributed by atoms with Crippen LogP contribution in [0.25, 0.3) is 0 Å². The average Bonchev–Trinajstić information content (AvgIpc) is 2.80. The second-order valence-corrected chi connectivity index (χ2v) is 7.86. The fourth-order valence-electron chi connectivity index (χ4n) is 4.03. The van der Waals surface area contributed by atoms with E-state index in [9.17, 15) is 9.59 Å². The number of hydrogen-bond acceptors (Lipinski definition) is 3. The Morgan fingerprint density at radius 2 is 0.897 bits per heavy atom. The van der Waals surface area contributed by atoms with Gasteiger partial charge in [-0.05, 0) is 87.1 Å². The van der Waals surface area contributed by atoms with E-state index in [1.165, 1.54) is 12.8 Å². The Morgan fingerprint density at radius 1 is 0.552 bits per heavy atom. The number of benzene rings is 2. The summed E-state index contributed by atoms with van der Waals surface area (Å²) >= 11 is 0. The molecule has 0 spiro atoms. The average molecular weight is 392 g/mol. The van der Waals surface area contributed by atoms with Crippen LogP contribution in [0.15, 0.2) is 48.5 Å². The van der Waals surface area contributed by atoms with Gasteiger partial charge in [-0.15, -0.1) is 0 Å². The van der Waals surface area contributed by atoms with Gasteiger partial charge >= 0.3 is 0 Å². The minimum atomic E-state index is 0.0943. The Morgan fingerprint density at radius 3 is 1.24 bits per heavy atom. The molecule has 4 rings (SSSR count). The van der Waals surface area contributed by atoms with Gasteiger partial charge in [-0.3, -0.25) is 9.59 Å². The van der Waals surface area contributed by atoms with Gasteiger partial charge < -0.3 is 14.5 Å². The molecule has 5 heteroatoms. The number of nitrogens with zero attached hydrogens (tertiary/aromatic N) is 2. The third kappa shape index (κ3) is 4.78. The lowest BCUT2D eigenvalue weighted by Gasteiger charge is -2.26. The van der Waals surface area contributed by atoms with Gasteiger partial charge in [-0.1, -0.05) is 0 Å². The van der Waals surface area contributed by atoms with Gasteiger partial charge in [0.25, 0.3) is 11.8 Å². The molecule has 2 aromatic carbocycles. The standard InChI is InChI=1S/C24H28N2O3/c27-23(25-15-3-1-4-16-25)19-7-11-21(12-8-19)29-22-13-9-20(10-14-22)24(28)26-17-5-2-6-18-26/h7-14H,1-6,15-18H2. The van der Waals surface area contributed by atoms with Gasteiger partial charge in [0, 0.05) is 37.3 Å². The van der Waals surface area contributed by atoms with Crippen molar-refractivity contribution in [3.63, 3.8) is 0 Å². The summed E-state index contributed by atoms with van der Waals surface area (Å²) in [5, 5.41) is 0. The molecular weight excluding hydrogens is 364 g/mol. The molecule has 0 N–H and O–H groups in total. The van der Waals surface area contributed by atoms with Crippen molar-refractivity contribution >= 4 is 11.8 Å². The Hall–Kier alpha value is -2.82. The van der Waals surface area contributed by atoms with Crippen LogP contribution in [0.3, 0.4) is 0 Å². The predicted octanol–water partition coefficient (Wildman–Crippen LogP) is 4.73. The molecule has 29 heavy (non-hydrogen) atoms. The highest BCUT2D eigenvalue weighted by Crippen LogP contribution is 2.24. The maximum absolute atomic E-state index is 12.6. The van der Waals surface area contributed by atoms with Crippen LogP contribution in [0.2, 0.25) is 0 Å². The third-order valence-corrected chi connectivity index (χ3v) is 5.72. The number of hydrogen-bond donors (Lipinski definition) is 0. The van der Waals surface area contributed by atoms with Crippen LogP contribution in [-0.2, 0) is 0 Å². The van der Waals surface area contributed by atoms with Crippen LogP contribution < -0.4 is 4.74 Å². The molecule has 0 unspecified atom stereocenters. The first-order valence-electron chi connectivity index (χ1n) is 10.7. The number of piperidine rings is 2. The topological polar surface area (TPSA) is 49.9 Å². The van der Waals surface area contributed by atoms with Crippen LogP contribution in [-0.4, -0.2) is 47.8 Å². The molecule has 5 nitrogen and oxygen atoms in total. The lowest BCUT2D eigenvalue weighted by molar-refractivity contribution is 0.0717. The van der Waals surface area contributed by atoms with Gasteiger partial charge in [-0.25, -0.2) is 0 Å². The fourth-order valence-corrected chi connectivity index (χ4v) is 4.03. The number of carbonyl (C=O) groups excluding carboxylic acids is 2. The molecule has 2 aliphatic heterocycles. The lowest BCUT2D eigenvalue weighted by atomic mass is 10.1. The van der Waals surface area contributed by atoms with Crippen LogP contribution in [0.4, 0.5) is 0 Å². The number of rotatable bonds is 4. The van der Waals surface area contributed by atoms with E-state index < -0.39 is 0 Å². The van der Waals surface area contributed by atoms with E-state index in [0.29, 0.717) is 22.6 Å². The van der Waals surface area contributed by atoms with Gasteiger partial charge in [0.15, 0.2) is 0 Å². The molecule has 2 saturated heterocycles. The lowest BCUT2D eigenvalue weighted by Crippen LogP contribution is -2.35. The first kappa shape index (κ1) is 19.5. The Bertz CT molecular complexity index is 762. The number of likely N-dealkylation sites (tertiary alicyclic amines) is 2. The number of ether oxygens (including phenoxy) is 1. The first-order valence-corrected chi connectivity index (χ1v) is 10.7. The van der Waals surface area contributed by atoms with Gasteiger partial charge in [-0.2, -0.15) is 0 Å². The summed E-state index contributed by atoms with van der Waals surface area (Å²) in [7, 11) is 0. The smallest absolute Gasteiger partial charge is 0.253 e. The molecule has 2 aromatic rings. The van der Waals surface area contributed by atoms with E-state index >= 15 is 0 Å². The monoisotopic (exact) mass is 392 g/mol. The van der Waals surface area contributed by atoms with Crippen molar-refractivity contribution in [3.05, 3.63) is 59.7 Å². The van der Waals surface area contributed by atoms with Crippen molar-refractivity contribution in [1.29, 1.82) is 0 Å². The van der Waals surface area contributed by atoms with E-state index in [1.54, 1.807) is 0 Å². The SMILES string of the molecule is O=C(c1ccc(Oc2ccc(C(=O)N3CCCCC3)cc2)cc1)N1CCCCC1. The molecule has 0 aliphatic carbocycles. The third-order valence-electron chi connectivity index (χ3n) is 5.72. The van der Waals surface area contributed by atoms with Crippen molar-refractivity contribution in [2.24, 2.45) is 0 Å². The van der Waals surface area contributed by atoms with Gasteiger partial charge in [0.05, 0.1) is 0 Å². The summed E-state index contributed by atoms with van der Waals surface area (Å²) in [5.74, 6) is 1.54. The molecule has 0 atom stereocenters. The van der Waals surface area contributed by atoms with Crippen molar-refractivity contribution in [1.82, 2.24) is 9.80 Å². The van der Waals surface area contributed by atoms with Crippen LogP contribution in [0.1, 0.15) is 59.2 Å². The largest absolute Gasteiger partial charge is 0.457 e. The predicted molar refractivity (Wildman–Crippen MR) is 112 cm³/mol.